The van der Waals surface area contributed by atoms with Crippen LogP contribution in [-0.2, 0) is 9.53 Å². The maximum Gasteiger partial charge on any atom is 0.390 e. The minimum absolute atomic E-state index is 0.589. The predicted octanol–water partition coefficient (Wildman–Crippen LogP) is 2.04. The highest BCUT2D eigenvalue weighted by Crippen LogP contribution is 2.23. The van der Waals surface area contributed by atoms with Gasteiger partial charge in [0.2, 0.25) is 0 Å². The molecule has 0 aliphatic heterocycles. The van der Waals surface area contributed by atoms with Gasteiger partial charge in [-0.15, -0.1) is 0 Å². The van der Waals surface area contributed by atoms with E-state index in [-0.39, 0.29) is 0 Å². The van der Waals surface area contributed by atoms with E-state index >= 15 is 0 Å². The molecule has 0 unspecified atom stereocenters. The molecule has 0 aromatic rings. The van der Waals surface area contributed by atoms with Crippen LogP contribution in [0.25, 0.3) is 0 Å². The first kappa shape index (κ1) is 10.7. The first-order valence-electron chi connectivity index (χ1n) is 2.41. The highest BCUT2D eigenvalue weighted by molar-refractivity contribution is 14.1. The van der Waals surface area contributed by atoms with Gasteiger partial charge in [0, 0.05) is 22.6 Å². The van der Waals surface area contributed by atoms with Crippen molar-refractivity contribution >= 4 is 28.6 Å². The van der Waals surface area contributed by atoms with Crippen LogP contribution in [0.4, 0.5) is 13.2 Å². The van der Waals surface area contributed by atoms with E-state index in [1.807, 2.05) is 0 Å². The van der Waals surface area contributed by atoms with Crippen molar-refractivity contribution in [1.82, 2.24) is 0 Å². The molecule has 0 saturated carbocycles. The van der Waals surface area contributed by atoms with E-state index in [9.17, 15) is 18.0 Å². The third-order valence-electron chi connectivity index (χ3n) is 0.591. The smallest absolute Gasteiger partial charge is 0.390 e. The number of esters is 1. The van der Waals surface area contributed by atoms with Gasteiger partial charge in [0.25, 0.3) is 0 Å². The van der Waals surface area contributed by atoms with E-state index in [1.165, 1.54) is 0 Å². The first-order valence-corrected chi connectivity index (χ1v) is 3.49. The van der Waals surface area contributed by atoms with Crippen LogP contribution in [0.15, 0.2) is 12.4 Å². The van der Waals surface area contributed by atoms with Crippen molar-refractivity contribution < 1.29 is 22.7 Å². The Morgan fingerprint density at radius 2 is 2.09 bits per heavy atom. The van der Waals surface area contributed by atoms with E-state index in [0.29, 0.717) is 22.6 Å². The van der Waals surface area contributed by atoms with Crippen molar-refractivity contribution in [3.05, 3.63) is 12.4 Å². The van der Waals surface area contributed by atoms with E-state index in [1.54, 1.807) is 0 Å². The Hall–Kier alpha value is -0.270. The normalized spacial score (nSPS) is 10.9. The van der Waals surface area contributed by atoms with Crippen molar-refractivity contribution in [2.75, 3.05) is 6.61 Å². The van der Waals surface area contributed by atoms with Crippen LogP contribution >= 0.6 is 22.6 Å². The largest absolute Gasteiger partial charge is 0.453 e. The minimum Gasteiger partial charge on any atom is -0.453 e. The molecule has 0 aromatic carbocycles. The molecule has 0 aromatic heterocycles. The van der Waals surface area contributed by atoms with Crippen molar-refractivity contribution in [3.8, 4) is 0 Å². The summed E-state index contributed by atoms with van der Waals surface area (Å²) in [6.45, 7) is 1.90. The summed E-state index contributed by atoms with van der Waals surface area (Å²) in [4.78, 5) is 10.2. The van der Waals surface area contributed by atoms with E-state index in [2.05, 4.69) is 11.3 Å². The summed E-state index contributed by atoms with van der Waals surface area (Å²) in [5, 5.41) is 0. The SMILES string of the molecule is C=C(F)COC(=O)C(F)(F)I. The summed E-state index contributed by atoms with van der Waals surface area (Å²) in [5.74, 6) is -2.74. The molecular weight excluding hydrogens is 276 g/mol. The Labute approximate surface area is 74.5 Å². The topological polar surface area (TPSA) is 26.3 Å². The Bertz CT molecular complexity index is 175. The molecule has 0 aliphatic carbocycles. The molecule has 0 N–H and O–H groups in total. The zero-order valence-electron chi connectivity index (χ0n) is 5.24. The zero-order valence-corrected chi connectivity index (χ0v) is 7.40. The summed E-state index contributed by atoms with van der Waals surface area (Å²) in [6, 6.07) is 0. The number of ether oxygens (including phenoxy) is 1. The number of rotatable bonds is 3. The molecule has 0 radical (unpaired) electrons. The average molecular weight is 280 g/mol. The van der Waals surface area contributed by atoms with Crippen LogP contribution in [0.1, 0.15) is 0 Å². The van der Waals surface area contributed by atoms with E-state index in [0.717, 1.165) is 0 Å². The van der Waals surface area contributed by atoms with Gasteiger partial charge in [-0.05, 0) is 0 Å². The molecule has 0 aliphatic rings. The molecule has 0 bridgehead atoms. The molecule has 0 fully saturated rings. The molecule has 6 heteroatoms. The number of carbonyl (C=O) groups excluding carboxylic acids is 1. The third kappa shape index (κ3) is 5.05. The zero-order chi connectivity index (χ0) is 9.07. The van der Waals surface area contributed by atoms with Crippen molar-refractivity contribution in [3.63, 3.8) is 0 Å². The fourth-order valence-electron chi connectivity index (χ4n) is 0.226. The maximum atomic E-state index is 11.9. The lowest BCUT2D eigenvalue weighted by atomic mass is 10.6. The highest BCUT2D eigenvalue weighted by Gasteiger charge is 2.36. The predicted molar refractivity (Wildman–Crippen MR) is 40.2 cm³/mol. The summed E-state index contributed by atoms with van der Waals surface area (Å²) < 4.78 is 35.8. The standard InChI is InChI=1S/C5H4F3IO2/c1-3(6)2-11-4(10)5(7,8)9/h1-2H2. The van der Waals surface area contributed by atoms with Gasteiger partial charge in [0.05, 0.1) is 0 Å². The van der Waals surface area contributed by atoms with E-state index in [4.69, 9.17) is 0 Å². The fraction of sp³-hybridized carbons (Fsp3) is 0.400. The summed E-state index contributed by atoms with van der Waals surface area (Å²) >= 11 is 0.589. The highest BCUT2D eigenvalue weighted by atomic mass is 127. The van der Waals surface area contributed by atoms with Crippen LogP contribution in [0.5, 0.6) is 0 Å². The Morgan fingerprint density at radius 1 is 1.64 bits per heavy atom. The van der Waals surface area contributed by atoms with Gasteiger partial charge in [-0.3, -0.25) is 0 Å². The van der Waals surface area contributed by atoms with Crippen LogP contribution in [0.2, 0.25) is 0 Å². The van der Waals surface area contributed by atoms with Crippen molar-refractivity contribution in [2.24, 2.45) is 0 Å². The second-order valence-electron chi connectivity index (χ2n) is 1.59. The second-order valence-corrected chi connectivity index (χ2v) is 2.95. The summed E-state index contributed by atoms with van der Waals surface area (Å²) in [5.41, 5.74) is 0. The molecule has 0 saturated heterocycles. The van der Waals surface area contributed by atoms with Gasteiger partial charge in [-0.2, -0.15) is 8.78 Å². The average Bonchev–Trinajstić information content (AvgIpc) is 1.80. The van der Waals surface area contributed by atoms with Gasteiger partial charge < -0.3 is 4.74 Å². The first-order chi connectivity index (χ1) is 4.84. The number of carbonyl (C=O) groups is 1. The Kier molecular flexibility index (Phi) is 3.84. The van der Waals surface area contributed by atoms with Gasteiger partial charge in [0.15, 0.2) is 0 Å². The lowest BCUT2D eigenvalue weighted by Crippen LogP contribution is -2.23. The molecule has 0 heterocycles. The van der Waals surface area contributed by atoms with Crippen molar-refractivity contribution in [1.29, 1.82) is 0 Å². The summed E-state index contributed by atoms with van der Waals surface area (Å²) in [7, 11) is 0. The molecule has 0 atom stereocenters. The Morgan fingerprint density at radius 3 is 2.36 bits per heavy atom. The monoisotopic (exact) mass is 280 g/mol. The maximum absolute atomic E-state index is 11.9. The van der Waals surface area contributed by atoms with Gasteiger partial charge in [-0.1, -0.05) is 6.58 Å². The lowest BCUT2D eigenvalue weighted by Gasteiger charge is -2.06. The van der Waals surface area contributed by atoms with Crippen molar-refractivity contribution in [2.45, 2.75) is 3.93 Å². The van der Waals surface area contributed by atoms with Crippen LogP contribution < -0.4 is 0 Å². The minimum atomic E-state index is -3.60. The number of alkyl halides is 3. The molecule has 64 valence electrons. The molecule has 0 spiro atoms. The molecular formula is C5H4F3IO2. The van der Waals surface area contributed by atoms with Gasteiger partial charge >= 0.3 is 9.90 Å². The fourth-order valence-corrected chi connectivity index (χ4v) is 0.381. The Balaban J connectivity index is 3.80. The molecule has 0 rings (SSSR count). The summed E-state index contributed by atoms with van der Waals surface area (Å²) in [6.07, 6.45) is 0. The number of hydrogen-bond acceptors (Lipinski definition) is 2. The second kappa shape index (κ2) is 3.93. The van der Waals surface area contributed by atoms with Crippen LogP contribution in [0.3, 0.4) is 0 Å². The van der Waals surface area contributed by atoms with Gasteiger partial charge in [-0.25, -0.2) is 9.18 Å². The van der Waals surface area contributed by atoms with Crippen LogP contribution in [-0.4, -0.2) is 16.5 Å². The molecule has 2 nitrogen and oxygen atoms in total. The lowest BCUT2D eigenvalue weighted by molar-refractivity contribution is -0.157. The molecule has 11 heavy (non-hydrogen) atoms. The third-order valence-corrected chi connectivity index (χ3v) is 1.03. The van der Waals surface area contributed by atoms with Crippen LogP contribution in [0, 0.1) is 0 Å². The van der Waals surface area contributed by atoms with Gasteiger partial charge in [0.1, 0.15) is 12.4 Å². The number of hydrogen-bond donors (Lipinski definition) is 0. The molecule has 0 amide bonds. The quantitative estimate of drug-likeness (QED) is 0.449. The van der Waals surface area contributed by atoms with E-state index < -0.39 is 22.3 Å². The number of halogens is 4.